The zero-order chi connectivity index (χ0) is 15.9. The van der Waals surface area contributed by atoms with Crippen LogP contribution in [0.4, 0.5) is 18.9 Å². The van der Waals surface area contributed by atoms with E-state index in [-0.39, 0.29) is 17.9 Å². The SMILES string of the molecule is CCOC(=O)c1cnc2cc(N3CC(F)(F)C3)c(F)cc2c1. The number of benzene rings is 1. The van der Waals surface area contributed by atoms with Gasteiger partial charge in [-0.1, -0.05) is 0 Å². The molecule has 0 atom stereocenters. The maximum atomic E-state index is 14.1. The molecule has 2 aromatic rings. The van der Waals surface area contributed by atoms with Gasteiger partial charge in [-0.25, -0.2) is 18.0 Å². The van der Waals surface area contributed by atoms with E-state index in [9.17, 15) is 18.0 Å². The molecule has 4 nitrogen and oxygen atoms in total. The minimum absolute atomic E-state index is 0.0924. The molecular formula is C15H13F3N2O2. The summed E-state index contributed by atoms with van der Waals surface area (Å²) >= 11 is 0. The molecule has 1 fully saturated rings. The summed E-state index contributed by atoms with van der Waals surface area (Å²) in [5.41, 5.74) is 0.742. The Balaban J connectivity index is 1.94. The predicted octanol–water partition coefficient (Wildman–Crippen LogP) is 3.01. The Hall–Kier alpha value is -2.31. The molecule has 1 aromatic heterocycles. The molecule has 7 heteroatoms. The summed E-state index contributed by atoms with van der Waals surface area (Å²) in [7, 11) is 0. The summed E-state index contributed by atoms with van der Waals surface area (Å²) < 4.78 is 44.8. The third-order valence-electron chi connectivity index (χ3n) is 3.45. The zero-order valence-electron chi connectivity index (χ0n) is 11.8. The summed E-state index contributed by atoms with van der Waals surface area (Å²) in [4.78, 5) is 17.0. The highest BCUT2D eigenvalue weighted by Gasteiger charge is 2.44. The van der Waals surface area contributed by atoms with Crippen molar-refractivity contribution in [3.05, 3.63) is 35.8 Å². The first-order valence-electron chi connectivity index (χ1n) is 6.79. The largest absolute Gasteiger partial charge is 0.462 e. The van der Waals surface area contributed by atoms with Crippen molar-refractivity contribution < 1.29 is 22.7 Å². The van der Waals surface area contributed by atoms with Gasteiger partial charge in [0.25, 0.3) is 5.92 Å². The lowest BCUT2D eigenvalue weighted by molar-refractivity contribution is -0.0265. The number of aromatic nitrogens is 1. The van der Waals surface area contributed by atoms with E-state index in [1.165, 1.54) is 29.3 Å². The number of rotatable bonds is 3. The van der Waals surface area contributed by atoms with Crippen molar-refractivity contribution in [2.45, 2.75) is 12.8 Å². The van der Waals surface area contributed by atoms with Crippen LogP contribution in [0.2, 0.25) is 0 Å². The number of pyridine rings is 1. The Bertz CT molecular complexity index is 741. The fourth-order valence-corrected chi connectivity index (χ4v) is 2.39. The number of carbonyl (C=O) groups excluding carboxylic acids is 1. The van der Waals surface area contributed by atoms with Gasteiger partial charge in [-0.15, -0.1) is 0 Å². The molecule has 2 heterocycles. The Labute approximate surface area is 124 Å². The highest BCUT2D eigenvalue weighted by atomic mass is 19.3. The number of carbonyl (C=O) groups is 1. The first-order chi connectivity index (χ1) is 10.4. The molecule has 1 saturated heterocycles. The molecule has 1 aromatic carbocycles. The average molecular weight is 310 g/mol. The van der Waals surface area contributed by atoms with Gasteiger partial charge in [0.1, 0.15) is 5.82 Å². The van der Waals surface area contributed by atoms with Gasteiger partial charge in [0.2, 0.25) is 0 Å². The minimum atomic E-state index is -2.78. The second kappa shape index (κ2) is 5.15. The van der Waals surface area contributed by atoms with Crippen molar-refractivity contribution in [2.24, 2.45) is 0 Å². The number of anilines is 1. The summed E-state index contributed by atoms with van der Waals surface area (Å²) in [6.45, 7) is 0.904. The van der Waals surface area contributed by atoms with Crippen LogP contribution < -0.4 is 4.90 Å². The molecule has 1 aliphatic rings. The molecule has 0 N–H and O–H groups in total. The van der Waals surface area contributed by atoms with Crippen molar-refractivity contribution in [2.75, 3.05) is 24.6 Å². The van der Waals surface area contributed by atoms with Gasteiger partial charge in [-0.3, -0.25) is 4.98 Å². The van der Waals surface area contributed by atoms with Crippen LogP contribution in [0.25, 0.3) is 10.9 Å². The average Bonchev–Trinajstić information content (AvgIpc) is 2.43. The van der Waals surface area contributed by atoms with E-state index in [1.54, 1.807) is 6.92 Å². The van der Waals surface area contributed by atoms with Crippen LogP contribution in [0.5, 0.6) is 0 Å². The number of hydrogen-bond acceptors (Lipinski definition) is 4. The van der Waals surface area contributed by atoms with Crippen LogP contribution in [-0.2, 0) is 4.74 Å². The fraction of sp³-hybridized carbons (Fsp3) is 0.333. The van der Waals surface area contributed by atoms with E-state index in [4.69, 9.17) is 4.74 Å². The van der Waals surface area contributed by atoms with Crippen LogP contribution in [0.15, 0.2) is 24.4 Å². The molecule has 0 bridgehead atoms. The monoisotopic (exact) mass is 310 g/mol. The number of nitrogens with zero attached hydrogens (tertiary/aromatic N) is 2. The van der Waals surface area contributed by atoms with Gasteiger partial charge in [0.05, 0.1) is 36.5 Å². The molecule has 22 heavy (non-hydrogen) atoms. The maximum Gasteiger partial charge on any atom is 0.339 e. The van der Waals surface area contributed by atoms with E-state index in [1.807, 2.05) is 0 Å². The molecular weight excluding hydrogens is 297 g/mol. The predicted molar refractivity (Wildman–Crippen MR) is 74.8 cm³/mol. The van der Waals surface area contributed by atoms with Crippen molar-refractivity contribution >= 4 is 22.6 Å². The lowest BCUT2D eigenvalue weighted by Gasteiger charge is -2.40. The summed E-state index contributed by atoms with van der Waals surface area (Å²) in [6, 6.07) is 4.07. The molecule has 0 radical (unpaired) electrons. The lowest BCUT2D eigenvalue weighted by Crippen LogP contribution is -2.56. The second-order valence-corrected chi connectivity index (χ2v) is 5.15. The van der Waals surface area contributed by atoms with E-state index >= 15 is 0 Å². The van der Waals surface area contributed by atoms with E-state index in [2.05, 4.69) is 4.98 Å². The standard InChI is InChI=1S/C15H13F3N2O2/c1-2-22-14(21)10-3-9-4-11(16)13(5-12(9)19-6-10)20-7-15(17,18)8-20/h3-6H,2,7-8H2,1H3. The van der Waals surface area contributed by atoms with Gasteiger partial charge in [-0.05, 0) is 25.1 Å². The van der Waals surface area contributed by atoms with Gasteiger partial charge >= 0.3 is 5.97 Å². The van der Waals surface area contributed by atoms with Crippen LogP contribution in [0.3, 0.4) is 0 Å². The van der Waals surface area contributed by atoms with Gasteiger partial charge in [0, 0.05) is 11.6 Å². The Kier molecular flexibility index (Phi) is 3.42. The van der Waals surface area contributed by atoms with Gasteiger partial charge < -0.3 is 9.64 Å². The molecule has 0 unspecified atom stereocenters. The Morgan fingerprint density at radius 3 is 2.73 bits per heavy atom. The number of fused-ring (bicyclic) bond motifs is 1. The van der Waals surface area contributed by atoms with Gasteiger partial charge in [-0.2, -0.15) is 0 Å². The summed E-state index contributed by atoms with van der Waals surface area (Å²) in [5, 5.41) is 0.416. The minimum Gasteiger partial charge on any atom is -0.462 e. The van der Waals surface area contributed by atoms with E-state index < -0.39 is 30.8 Å². The normalized spacial score (nSPS) is 16.5. The van der Waals surface area contributed by atoms with Crippen LogP contribution >= 0.6 is 0 Å². The van der Waals surface area contributed by atoms with Crippen LogP contribution in [-0.4, -0.2) is 36.6 Å². The molecule has 0 spiro atoms. The molecule has 116 valence electrons. The number of alkyl halides is 2. The first-order valence-corrected chi connectivity index (χ1v) is 6.79. The van der Waals surface area contributed by atoms with Crippen molar-refractivity contribution in [1.29, 1.82) is 0 Å². The highest BCUT2D eigenvalue weighted by molar-refractivity contribution is 5.94. The fourth-order valence-electron chi connectivity index (χ4n) is 2.39. The zero-order valence-corrected chi connectivity index (χ0v) is 11.8. The van der Waals surface area contributed by atoms with Crippen molar-refractivity contribution in [3.63, 3.8) is 0 Å². The smallest absolute Gasteiger partial charge is 0.339 e. The number of hydrogen-bond donors (Lipinski definition) is 0. The molecule has 0 amide bonds. The summed E-state index contributed by atoms with van der Waals surface area (Å²) in [5.74, 6) is -3.93. The molecule has 1 aliphatic heterocycles. The molecule has 0 saturated carbocycles. The Morgan fingerprint density at radius 1 is 1.36 bits per heavy atom. The maximum absolute atomic E-state index is 14.1. The van der Waals surface area contributed by atoms with Gasteiger partial charge in [0.15, 0.2) is 0 Å². The molecule has 3 rings (SSSR count). The topological polar surface area (TPSA) is 42.4 Å². The van der Waals surface area contributed by atoms with Crippen LogP contribution in [0.1, 0.15) is 17.3 Å². The van der Waals surface area contributed by atoms with Crippen molar-refractivity contribution in [3.8, 4) is 0 Å². The highest BCUT2D eigenvalue weighted by Crippen LogP contribution is 2.34. The lowest BCUT2D eigenvalue weighted by atomic mass is 10.1. The number of esters is 1. The van der Waals surface area contributed by atoms with E-state index in [0.717, 1.165) is 0 Å². The van der Waals surface area contributed by atoms with Crippen LogP contribution in [0, 0.1) is 5.82 Å². The number of halogens is 3. The first kappa shape index (κ1) is 14.6. The third-order valence-corrected chi connectivity index (χ3v) is 3.45. The quantitative estimate of drug-likeness (QED) is 0.817. The third kappa shape index (κ3) is 2.58. The molecule has 0 aliphatic carbocycles. The van der Waals surface area contributed by atoms with Crippen molar-refractivity contribution in [1.82, 2.24) is 4.98 Å². The second-order valence-electron chi connectivity index (χ2n) is 5.15. The summed E-state index contributed by atoms with van der Waals surface area (Å²) in [6.07, 6.45) is 1.33. The Morgan fingerprint density at radius 2 is 2.09 bits per heavy atom. The number of ether oxygens (including phenoxy) is 1. The van der Waals surface area contributed by atoms with E-state index in [0.29, 0.717) is 10.9 Å².